The van der Waals surface area contributed by atoms with Crippen molar-refractivity contribution in [2.45, 2.75) is 13.3 Å². The van der Waals surface area contributed by atoms with E-state index in [0.717, 1.165) is 11.8 Å². The lowest BCUT2D eigenvalue weighted by atomic mass is 10.1. The second kappa shape index (κ2) is 3.68. The first kappa shape index (κ1) is 9.64. The van der Waals surface area contributed by atoms with Gasteiger partial charge in [-0.1, -0.05) is 12.1 Å². The normalized spacial score (nSPS) is 10.5. The quantitative estimate of drug-likeness (QED) is 0.818. The van der Waals surface area contributed by atoms with E-state index in [0.29, 0.717) is 23.6 Å². The first-order chi connectivity index (χ1) is 7.24. The molecule has 0 aliphatic rings. The van der Waals surface area contributed by atoms with Crippen LogP contribution in [0.5, 0.6) is 0 Å². The average Bonchev–Trinajstić information content (AvgIpc) is 2.60. The number of hydrogen-bond acceptors (Lipinski definition) is 4. The highest BCUT2D eigenvalue weighted by molar-refractivity contribution is 5.66. The Kier molecular flexibility index (Phi) is 2.37. The molecule has 0 radical (unpaired) electrons. The monoisotopic (exact) mass is 207 g/mol. The van der Waals surface area contributed by atoms with E-state index in [9.17, 15) is 4.39 Å². The van der Waals surface area contributed by atoms with Gasteiger partial charge in [0, 0.05) is 11.8 Å². The highest BCUT2D eigenvalue weighted by Crippen LogP contribution is 2.29. The molecule has 0 spiro atoms. The molecule has 5 heteroatoms. The minimum atomic E-state index is -0.441. The Morgan fingerprint density at radius 3 is 3.00 bits per heavy atom. The first-order valence-corrected chi connectivity index (χ1v) is 4.58. The fraction of sp³-hybridized carbons (Fsp3) is 0.200. The summed E-state index contributed by atoms with van der Waals surface area (Å²) in [5.74, 6) is 0.252. The van der Waals surface area contributed by atoms with E-state index in [-0.39, 0.29) is 0 Å². The summed E-state index contributed by atoms with van der Waals surface area (Å²) in [6.07, 6.45) is 3.27. The van der Waals surface area contributed by atoms with Gasteiger partial charge in [0.25, 0.3) is 0 Å². The van der Waals surface area contributed by atoms with Gasteiger partial charge in [-0.15, -0.1) is 0 Å². The number of nitrogen functional groups attached to an aromatic ring is 1. The van der Waals surface area contributed by atoms with E-state index >= 15 is 0 Å². The van der Waals surface area contributed by atoms with Crippen LogP contribution in [0.2, 0.25) is 0 Å². The molecule has 0 aliphatic heterocycles. The van der Waals surface area contributed by atoms with Crippen molar-refractivity contribution in [3.63, 3.8) is 0 Å². The van der Waals surface area contributed by atoms with Crippen molar-refractivity contribution < 1.29 is 8.91 Å². The van der Waals surface area contributed by atoms with Gasteiger partial charge < -0.3 is 10.3 Å². The third-order valence-electron chi connectivity index (χ3n) is 2.19. The number of nitrogens with two attached hydrogens (primary N) is 1. The largest absolute Gasteiger partial charge is 0.381 e. The lowest BCUT2D eigenvalue weighted by Crippen LogP contribution is -1.92. The summed E-state index contributed by atoms with van der Waals surface area (Å²) in [5.41, 5.74) is 6.66. The second-order valence-corrected chi connectivity index (χ2v) is 3.08. The molecule has 0 unspecified atom stereocenters. The molecule has 0 aliphatic carbocycles. The van der Waals surface area contributed by atoms with Gasteiger partial charge in [-0.3, -0.25) is 4.98 Å². The summed E-state index contributed by atoms with van der Waals surface area (Å²) < 4.78 is 18.4. The van der Waals surface area contributed by atoms with Crippen LogP contribution in [0.15, 0.2) is 23.0 Å². The van der Waals surface area contributed by atoms with Gasteiger partial charge in [0.2, 0.25) is 0 Å². The molecule has 0 aromatic carbocycles. The number of hydrogen-bond donors (Lipinski definition) is 1. The van der Waals surface area contributed by atoms with Gasteiger partial charge in [0.05, 0.1) is 11.8 Å². The van der Waals surface area contributed by atoms with Crippen molar-refractivity contribution in [2.75, 3.05) is 5.73 Å². The van der Waals surface area contributed by atoms with Crippen molar-refractivity contribution >= 4 is 5.82 Å². The summed E-state index contributed by atoms with van der Waals surface area (Å²) in [7, 11) is 0. The van der Waals surface area contributed by atoms with E-state index in [2.05, 4.69) is 10.1 Å². The van der Waals surface area contributed by atoms with Crippen LogP contribution in [0.1, 0.15) is 12.5 Å². The van der Waals surface area contributed by atoms with Crippen molar-refractivity contribution in [3.8, 4) is 11.3 Å². The van der Waals surface area contributed by atoms with Crippen LogP contribution in [-0.4, -0.2) is 10.1 Å². The Labute approximate surface area is 85.9 Å². The molecule has 0 saturated heterocycles. The molecule has 4 nitrogen and oxygen atoms in total. The van der Waals surface area contributed by atoms with Crippen molar-refractivity contribution in [3.05, 3.63) is 29.8 Å². The van der Waals surface area contributed by atoms with Gasteiger partial charge in [-0.05, 0) is 12.5 Å². The second-order valence-electron chi connectivity index (χ2n) is 3.08. The SMILES string of the molecule is CCc1c(N)noc1-c1ccncc1F. The number of anilines is 1. The van der Waals surface area contributed by atoms with E-state index in [1.165, 1.54) is 12.3 Å². The molecule has 15 heavy (non-hydrogen) atoms. The van der Waals surface area contributed by atoms with E-state index in [1.54, 1.807) is 0 Å². The van der Waals surface area contributed by atoms with Crippen molar-refractivity contribution in [1.82, 2.24) is 10.1 Å². The van der Waals surface area contributed by atoms with Crippen LogP contribution in [-0.2, 0) is 6.42 Å². The topological polar surface area (TPSA) is 64.9 Å². The van der Waals surface area contributed by atoms with E-state index in [4.69, 9.17) is 10.3 Å². The predicted molar refractivity (Wildman–Crippen MR) is 53.5 cm³/mol. The van der Waals surface area contributed by atoms with Crippen LogP contribution in [0.3, 0.4) is 0 Å². The zero-order valence-electron chi connectivity index (χ0n) is 8.20. The van der Waals surface area contributed by atoms with Gasteiger partial charge in [-0.2, -0.15) is 0 Å². The molecule has 0 atom stereocenters. The summed E-state index contributed by atoms with van der Waals surface area (Å²) in [6.45, 7) is 1.91. The maximum atomic E-state index is 13.4. The Morgan fingerprint density at radius 2 is 2.33 bits per heavy atom. The summed E-state index contributed by atoms with van der Waals surface area (Å²) in [4.78, 5) is 3.66. The van der Waals surface area contributed by atoms with Crippen LogP contribution < -0.4 is 5.73 Å². The highest BCUT2D eigenvalue weighted by Gasteiger charge is 2.16. The fourth-order valence-corrected chi connectivity index (χ4v) is 1.43. The van der Waals surface area contributed by atoms with Crippen LogP contribution in [0.4, 0.5) is 10.2 Å². The smallest absolute Gasteiger partial charge is 0.175 e. The zero-order valence-corrected chi connectivity index (χ0v) is 8.20. The standard InChI is InChI=1S/C10H10FN3O/c1-2-6-9(15-14-10(6)12)7-3-4-13-5-8(7)11/h3-5H,2H2,1H3,(H2,12,14). The van der Waals surface area contributed by atoms with E-state index < -0.39 is 5.82 Å². The summed E-state index contributed by atoms with van der Waals surface area (Å²) >= 11 is 0. The molecule has 0 amide bonds. The van der Waals surface area contributed by atoms with Crippen LogP contribution >= 0.6 is 0 Å². The minimum Gasteiger partial charge on any atom is -0.381 e. The van der Waals surface area contributed by atoms with Gasteiger partial charge >= 0.3 is 0 Å². The molecule has 2 N–H and O–H groups in total. The Hall–Kier alpha value is -1.91. The Balaban J connectivity index is 2.59. The maximum Gasteiger partial charge on any atom is 0.175 e. The van der Waals surface area contributed by atoms with Crippen molar-refractivity contribution in [2.24, 2.45) is 0 Å². The highest BCUT2D eigenvalue weighted by atomic mass is 19.1. The van der Waals surface area contributed by atoms with Crippen LogP contribution in [0, 0.1) is 5.82 Å². The zero-order chi connectivity index (χ0) is 10.8. The van der Waals surface area contributed by atoms with Crippen LogP contribution in [0.25, 0.3) is 11.3 Å². The number of halogens is 1. The molecular weight excluding hydrogens is 197 g/mol. The summed E-state index contributed by atoms with van der Waals surface area (Å²) in [5, 5.41) is 3.62. The maximum absolute atomic E-state index is 13.4. The van der Waals surface area contributed by atoms with Gasteiger partial charge in [-0.25, -0.2) is 4.39 Å². The molecule has 0 fully saturated rings. The predicted octanol–water partition coefficient (Wildman–Crippen LogP) is 2.02. The van der Waals surface area contributed by atoms with Gasteiger partial charge in [0.1, 0.15) is 0 Å². The van der Waals surface area contributed by atoms with E-state index in [1.807, 2.05) is 6.92 Å². The number of rotatable bonds is 2. The third-order valence-corrected chi connectivity index (χ3v) is 2.19. The molecule has 0 saturated carbocycles. The molecule has 2 aromatic rings. The van der Waals surface area contributed by atoms with Crippen molar-refractivity contribution in [1.29, 1.82) is 0 Å². The third kappa shape index (κ3) is 1.56. The number of aromatic nitrogens is 2. The Morgan fingerprint density at radius 1 is 1.53 bits per heavy atom. The average molecular weight is 207 g/mol. The van der Waals surface area contributed by atoms with Gasteiger partial charge in [0.15, 0.2) is 17.4 Å². The minimum absolute atomic E-state index is 0.309. The molecule has 2 heterocycles. The summed E-state index contributed by atoms with van der Waals surface area (Å²) in [6, 6.07) is 1.54. The Bertz CT molecular complexity index is 481. The number of pyridine rings is 1. The molecule has 78 valence electrons. The lowest BCUT2D eigenvalue weighted by Gasteiger charge is -1.99. The molecule has 2 rings (SSSR count). The number of nitrogens with zero attached hydrogens (tertiary/aromatic N) is 2. The molecule has 2 aromatic heterocycles. The fourth-order valence-electron chi connectivity index (χ4n) is 1.43. The first-order valence-electron chi connectivity index (χ1n) is 4.58. The molecule has 0 bridgehead atoms. The molecular formula is C10H10FN3O. The lowest BCUT2D eigenvalue weighted by molar-refractivity contribution is 0.432.